The van der Waals surface area contributed by atoms with Gasteiger partial charge in [-0.25, -0.2) is 0 Å². The third-order valence-corrected chi connectivity index (χ3v) is 3.94. The maximum Gasteiger partial charge on any atom is 0.416 e. The number of allylic oxidation sites excluding steroid dienone is 1. The summed E-state index contributed by atoms with van der Waals surface area (Å²) in [6, 6.07) is 5.43. The standard InChI is InChI=1S/C13H14BrF3/c1-3-12(2,9-14)8-10-5-4-6-11(7-10)13(15,16)17/h3-7H,1,8-9H2,2H3. The Kier molecular flexibility index (Phi) is 4.42. The van der Waals surface area contributed by atoms with Crippen LogP contribution in [0.1, 0.15) is 18.1 Å². The molecule has 1 rings (SSSR count). The van der Waals surface area contributed by atoms with Crippen LogP contribution in [0.15, 0.2) is 36.9 Å². The molecule has 0 radical (unpaired) electrons. The molecule has 1 aromatic rings. The van der Waals surface area contributed by atoms with Gasteiger partial charge >= 0.3 is 6.18 Å². The summed E-state index contributed by atoms with van der Waals surface area (Å²) in [5, 5.41) is 0.666. The molecule has 0 saturated carbocycles. The van der Waals surface area contributed by atoms with Crippen LogP contribution in [0, 0.1) is 5.41 Å². The van der Waals surface area contributed by atoms with Gasteiger partial charge in [0, 0.05) is 5.33 Å². The van der Waals surface area contributed by atoms with Crippen LogP contribution in [0.5, 0.6) is 0 Å². The van der Waals surface area contributed by atoms with E-state index < -0.39 is 11.7 Å². The molecule has 0 N–H and O–H groups in total. The van der Waals surface area contributed by atoms with Crippen molar-refractivity contribution in [1.82, 2.24) is 0 Å². The highest BCUT2D eigenvalue weighted by Gasteiger charge is 2.30. The smallest absolute Gasteiger partial charge is 0.166 e. The summed E-state index contributed by atoms with van der Waals surface area (Å²) in [4.78, 5) is 0. The predicted octanol–water partition coefficient (Wildman–Crippen LogP) is 4.84. The van der Waals surface area contributed by atoms with E-state index in [0.717, 1.165) is 6.07 Å². The monoisotopic (exact) mass is 306 g/mol. The van der Waals surface area contributed by atoms with Gasteiger partial charge in [-0.3, -0.25) is 0 Å². The molecule has 0 aromatic heterocycles. The van der Waals surface area contributed by atoms with E-state index >= 15 is 0 Å². The van der Waals surface area contributed by atoms with E-state index in [2.05, 4.69) is 22.5 Å². The second-order valence-electron chi connectivity index (χ2n) is 4.37. The van der Waals surface area contributed by atoms with Crippen LogP contribution in [0.2, 0.25) is 0 Å². The van der Waals surface area contributed by atoms with Crippen LogP contribution < -0.4 is 0 Å². The Morgan fingerprint density at radius 2 is 2.00 bits per heavy atom. The van der Waals surface area contributed by atoms with Gasteiger partial charge in [-0.2, -0.15) is 13.2 Å². The Balaban J connectivity index is 2.97. The van der Waals surface area contributed by atoms with E-state index in [4.69, 9.17) is 0 Å². The quantitative estimate of drug-likeness (QED) is 0.552. The summed E-state index contributed by atoms with van der Waals surface area (Å²) in [5.41, 5.74) is -0.165. The minimum absolute atomic E-state index is 0.232. The summed E-state index contributed by atoms with van der Waals surface area (Å²) in [6.45, 7) is 5.67. The van der Waals surface area contributed by atoms with Gasteiger partial charge in [0.05, 0.1) is 5.56 Å². The maximum atomic E-state index is 12.5. The summed E-state index contributed by atoms with van der Waals surface area (Å²) in [7, 11) is 0. The van der Waals surface area contributed by atoms with Gasteiger partial charge < -0.3 is 0 Å². The third-order valence-electron chi connectivity index (χ3n) is 2.66. The summed E-state index contributed by atoms with van der Waals surface area (Å²) < 4.78 is 37.6. The molecule has 0 spiro atoms. The highest BCUT2D eigenvalue weighted by Crippen LogP contribution is 2.32. The van der Waals surface area contributed by atoms with Crippen molar-refractivity contribution in [1.29, 1.82) is 0 Å². The van der Waals surface area contributed by atoms with Crippen molar-refractivity contribution < 1.29 is 13.2 Å². The van der Waals surface area contributed by atoms with Gasteiger partial charge in [-0.15, -0.1) is 6.58 Å². The van der Waals surface area contributed by atoms with Crippen LogP contribution in [0.4, 0.5) is 13.2 Å². The van der Waals surface area contributed by atoms with Crippen LogP contribution in [0.3, 0.4) is 0 Å². The van der Waals surface area contributed by atoms with Crippen LogP contribution in [-0.2, 0) is 12.6 Å². The lowest BCUT2D eigenvalue weighted by Crippen LogP contribution is -2.18. The van der Waals surface area contributed by atoms with Crippen molar-refractivity contribution >= 4 is 15.9 Å². The summed E-state index contributed by atoms with van der Waals surface area (Å²) in [6.07, 6.45) is -1.98. The molecular formula is C13H14BrF3. The molecule has 0 bridgehead atoms. The van der Waals surface area contributed by atoms with Gasteiger partial charge in [0.25, 0.3) is 0 Å². The molecule has 1 atom stereocenters. The highest BCUT2D eigenvalue weighted by atomic mass is 79.9. The Bertz CT molecular complexity index is 398. The van der Waals surface area contributed by atoms with E-state index in [1.165, 1.54) is 12.1 Å². The topological polar surface area (TPSA) is 0 Å². The van der Waals surface area contributed by atoms with Gasteiger partial charge in [-0.05, 0) is 23.5 Å². The van der Waals surface area contributed by atoms with Crippen molar-refractivity contribution in [2.75, 3.05) is 5.33 Å². The molecule has 0 amide bonds. The lowest BCUT2D eigenvalue weighted by Gasteiger charge is -2.23. The van der Waals surface area contributed by atoms with Gasteiger partial charge in [-0.1, -0.05) is 47.1 Å². The fourth-order valence-electron chi connectivity index (χ4n) is 1.50. The minimum Gasteiger partial charge on any atom is -0.166 e. The van der Waals surface area contributed by atoms with Crippen LogP contribution >= 0.6 is 15.9 Å². The van der Waals surface area contributed by atoms with Crippen LogP contribution in [-0.4, -0.2) is 5.33 Å². The third kappa shape index (κ3) is 3.87. The van der Waals surface area contributed by atoms with Crippen molar-refractivity contribution in [2.45, 2.75) is 19.5 Å². The normalized spacial score (nSPS) is 15.4. The summed E-state index contributed by atoms with van der Waals surface area (Å²) in [5.74, 6) is 0. The van der Waals surface area contributed by atoms with Crippen molar-refractivity contribution in [3.05, 3.63) is 48.0 Å². The number of hydrogen-bond donors (Lipinski definition) is 0. The minimum atomic E-state index is -4.28. The largest absolute Gasteiger partial charge is 0.416 e. The van der Waals surface area contributed by atoms with Gasteiger partial charge in [0.15, 0.2) is 0 Å². The fourth-order valence-corrected chi connectivity index (χ4v) is 1.93. The highest BCUT2D eigenvalue weighted by molar-refractivity contribution is 9.09. The van der Waals surface area contributed by atoms with Gasteiger partial charge in [0.1, 0.15) is 0 Å². The van der Waals surface area contributed by atoms with E-state index in [-0.39, 0.29) is 5.41 Å². The van der Waals surface area contributed by atoms with E-state index in [1.54, 1.807) is 12.1 Å². The number of rotatable bonds is 4. The number of halogens is 4. The SMILES string of the molecule is C=CC(C)(CBr)Cc1cccc(C(F)(F)F)c1. The van der Waals surface area contributed by atoms with E-state index in [1.807, 2.05) is 6.92 Å². The molecule has 0 fully saturated rings. The second-order valence-corrected chi connectivity index (χ2v) is 4.93. The average molecular weight is 307 g/mol. The van der Waals surface area contributed by atoms with Crippen molar-refractivity contribution in [3.63, 3.8) is 0 Å². The van der Waals surface area contributed by atoms with Gasteiger partial charge in [0.2, 0.25) is 0 Å². The lowest BCUT2D eigenvalue weighted by molar-refractivity contribution is -0.137. The molecule has 1 aromatic carbocycles. The number of alkyl halides is 4. The molecule has 1 unspecified atom stereocenters. The number of hydrogen-bond acceptors (Lipinski definition) is 0. The molecule has 0 saturated heterocycles. The first kappa shape index (κ1) is 14.3. The Morgan fingerprint density at radius 1 is 1.35 bits per heavy atom. The maximum absolute atomic E-state index is 12.5. The Morgan fingerprint density at radius 3 is 2.47 bits per heavy atom. The molecule has 0 heterocycles. The number of benzene rings is 1. The molecule has 4 heteroatoms. The molecule has 17 heavy (non-hydrogen) atoms. The molecular weight excluding hydrogens is 293 g/mol. The zero-order valence-electron chi connectivity index (χ0n) is 9.52. The molecule has 0 aliphatic rings. The Hall–Kier alpha value is -0.770. The van der Waals surface area contributed by atoms with E-state index in [0.29, 0.717) is 17.3 Å². The molecule has 0 aliphatic carbocycles. The Labute approximate surface area is 108 Å². The second kappa shape index (κ2) is 5.25. The first-order valence-corrected chi connectivity index (χ1v) is 6.28. The fraction of sp³-hybridized carbons (Fsp3) is 0.385. The first-order chi connectivity index (χ1) is 7.80. The average Bonchev–Trinajstić information content (AvgIpc) is 2.28. The predicted molar refractivity (Wildman–Crippen MR) is 67.2 cm³/mol. The first-order valence-electron chi connectivity index (χ1n) is 5.16. The zero-order chi connectivity index (χ0) is 13.1. The van der Waals surface area contributed by atoms with E-state index in [9.17, 15) is 13.2 Å². The molecule has 94 valence electrons. The lowest BCUT2D eigenvalue weighted by atomic mass is 9.85. The van der Waals surface area contributed by atoms with Crippen molar-refractivity contribution in [3.8, 4) is 0 Å². The zero-order valence-corrected chi connectivity index (χ0v) is 11.1. The van der Waals surface area contributed by atoms with Crippen LogP contribution in [0.25, 0.3) is 0 Å². The molecule has 0 nitrogen and oxygen atoms in total. The summed E-state index contributed by atoms with van der Waals surface area (Å²) >= 11 is 3.35. The van der Waals surface area contributed by atoms with Crippen molar-refractivity contribution in [2.24, 2.45) is 5.41 Å². The molecule has 0 aliphatic heterocycles.